The van der Waals surface area contributed by atoms with E-state index < -0.39 is 42.2 Å². The molecule has 3 saturated heterocycles. The Morgan fingerprint density at radius 2 is 1.81 bits per heavy atom. The van der Waals surface area contributed by atoms with Gasteiger partial charge in [-0.25, -0.2) is 0 Å². The van der Waals surface area contributed by atoms with Crippen molar-refractivity contribution in [2.75, 3.05) is 6.61 Å². The van der Waals surface area contributed by atoms with Gasteiger partial charge in [-0.3, -0.25) is 15.1 Å². The van der Waals surface area contributed by atoms with E-state index in [1.807, 2.05) is 38.1 Å². The molecule has 3 heterocycles. The summed E-state index contributed by atoms with van der Waals surface area (Å²) in [7, 11) is 0. The molecule has 0 aromatic heterocycles. The van der Waals surface area contributed by atoms with Crippen molar-refractivity contribution in [3.05, 3.63) is 47.7 Å². The lowest BCUT2D eigenvalue weighted by Crippen LogP contribution is -2.50. The van der Waals surface area contributed by atoms with Gasteiger partial charge in [-0.1, -0.05) is 30.3 Å². The van der Waals surface area contributed by atoms with Crippen molar-refractivity contribution in [2.24, 2.45) is 0 Å². The first-order valence-electron chi connectivity index (χ1n) is 10.5. The van der Waals surface area contributed by atoms with Gasteiger partial charge < -0.3 is 23.7 Å². The van der Waals surface area contributed by atoms with E-state index in [4.69, 9.17) is 23.7 Å². The third kappa shape index (κ3) is 3.73. The molecular weight excluding hydrogens is 402 g/mol. The molecule has 0 saturated carbocycles. The molecule has 1 aromatic carbocycles. The molecule has 0 bridgehead atoms. The van der Waals surface area contributed by atoms with Gasteiger partial charge in [0.2, 0.25) is 0 Å². The number of carbonyl (C=O) groups excluding carboxylic acids is 1. The van der Waals surface area contributed by atoms with Crippen LogP contribution in [0, 0.1) is 0 Å². The van der Waals surface area contributed by atoms with Gasteiger partial charge in [0.1, 0.15) is 24.4 Å². The Morgan fingerprint density at radius 1 is 1.03 bits per heavy atom. The molecule has 0 spiro atoms. The molecule has 3 aliphatic heterocycles. The molecule has 4 aliphatic rings. The summed E-state index contributed by atoms with van der Waals surface area (Å²) in [6.45, 7) is 7.56. The smallest absolute Gasteiger partial charge is 0.189 e. The molecule has 5 rings (SSSR count). The first-order chi connectivity index (χ1) is 14.6. The van der Waals surface area contributed by atoms with E-state index in [-0.39, 0.29) is 5.78 Å². The molecule has 8 nitrogen and oxygen atoms in total. The number of fused-ring (bicyclic) bond motifs is 2. The first-order valence-corrected chi connectivity index (χ1v) is 10.5. The summed E-state index contributed by atoms with van der Waals surface area (Å²) < 4.78 is 29.8. The quantitative estimate of drug-likeness (QED) is 0.580. The fraction of sp³-hybridized carbons (Fsp3) is 0.522. The van der Waals surface area contributed by atoms with Crippen molar-refractivity contribution in [3.8, 4) is 0 Å². The SMILES string of the molecule is CC1(C)O[C@H]2O[C@H]([C@H]3COC(C)(C)O3)[C@@H](N(O)/C=C3\C(=O)C=Cc4ccccc43)[C@H]2O1. The molecule has 0 unspecified atom stereocenters. The molecule has 1 aromatic rings. The highest BCUT2D eigenvalue weighted by Gasteiger charge is 2.60. The van der Waals surface area contributed by atoms with Gasteiger partial charge in [-0.05, 0) is 44.9 Å². The summed E-state index contributed by atoms with van der Waals surface area (Å²) >= 11 is 0. The third-order valence-electron chi connectivity index (χ3n) is 5.95. The molecule has 1 N–H and O–H groups in total. The Bertz CT molecular complexity index is 953. The van der Waals surface area contributed by atoms with E-state index in [0.29, 0.717) is 12.2 Å². The highest BCUT2D eigenvalue weighted by Crippen LogP contribution is 2.42. The second kappa shape index (κ2) is 7.23. The van der Waals surface area contributed by atoms with Crippen molar-refractivity contribution in [2.45, 2.75) is 69.9 Å². The number of benzene rings is 1. The summed E-state index contributed by atoms with van der Waals surface area (Å²) in [5, 5.41) is 12.2. The van der Waals surface area contributed by atoms with Gasteiger partial charge in [0, 0.05) is 11.8 Å². The fourth-order valence-corrected chi connectivity index (χ4v) is 4.63. The van der Waals surface area contributed by atoms with Crippen LogP contribution in [0.3, 0.4) is 0 Å². The predicted octanol–water partition coefficient (Wildman–Crippen LogP) is 2.71. The van der Waals surface area contributed by atoms with Gasteiger partial charge in [0.15, 0.2) is 23.6 Å². The van der Waals surface area contributed by atoms with Crippen LogP contribution in [0.4, 0.5) is 0 Å². The molecule has 3 fully saturated rings. The lowest BCUT2D eigenvalue weighted by molar-refractivity contribution is -0.238. The van der Waals surface area contributed by atoms with E-state index in [2.05, 4.69) is 0 Å². The van der Waals surface area contributed by atoms with Crippen LogP contribution in [0.2, 0.25) is 0 Å². The summed E-state index contributed by atoms with van der Waals surface area (Å²) in [6, 6.07) is 6.89. The Hall–Kier alpha value is -2.07. The van der Waals surface area contributed by atoms with Crippen LogP contribution < -0.4 is 0 Å². The molecule has 31 heavy (non-hydrogen) atoms. The number of ketones is 1. The van der Waals surface area contributed by atoms with Crippen molar-refractivity contribution < 1.29 is 33.7 Å². The van der Waals surface area contributed by atoms with Crippen LogP contribution in [-0.4, -0.2) is 64.9 Å². The molecule has 8 heteroatoms. The van der Waals surface area contributed by atoms with E-state index >= 15 is 0 Å². The monoisotopic (exact) mass is 429 g/mol. The summed E-state index contributed by atoms with van der Waals surface area (Å²) in [6.07, 6.45) is 2.48. The minimum atomic E-state index is -0.852. The zero-order valence-corrected chi connectivity index (χ0v) is 18.0. The van der Waals surface area contributed by atoms with E-state index in [1.54, 1.807) is 19.9 Å². The minimum Gasteiger partial charge on any atom is -0.348 e. The maximum atomic E-state index is 12.6. The number of nitrogens with zero attached hydrogens (tertiary/aromatic N) is 1. The zero-order valence-electron chi connectivity index (χ0n) is 18.0. The fourth-order valence-electron chi connectivity index (χ4n) is 4.63. The number of rotatable bonds is 3. The van der Waals surface area contributed by atoms with Gasteiger partial charge in [0.05, 0.1) is 6.61 Å². The van der Waals surface area contributed by atoms with Crippen molar-refractivity contribution in [1.82, 2.24) is 5.06 Å². The van der Waals surface area contributed by atoms with Gasteiger partial charge >= 0.3 is 0 Å². The van der Waals surface area contributed by atoms with Crippen LogP contribution in [0.5, 0.6) is 0 Å². The molecule has 0 radical (unpaired) electrons. The van der Waals surface area contributed by atoms with Crippen molar-refractivity contribution in [1.29, 1.82) is 0 Å². The highest BCUT2D eigenvalue weighted by molar-refractivity contribution is 6.29. The second-order valence-corrected chi connectivity index (χ2v) is 9.13. The maximum Gasteiger partial charge on any atom is 0.189 e. The van der Waals surface area contributed by atoms with E-state index in [9.17, 15) is 10.0 Å². The van der Waals surface area contributed by atoms with Crippen LogP contribution in [-0.2, 0) is 28.5 Å². The van der Waals surface area contributed by atoms with E-state index in [1.165, 1.54) is 12.3 Å². The number of hydrogen-bond acceptors (Lipinski definition) is 8. The van der Waals surface area contributed by atoms with Crippen LogP contribution in [0.25, 0.3) is 11.6 Å². The maximum absolute atomic E-state index is 12.6. The van der Waals surface area contributed by atoms with Crippen molar-refractivity contribution in [3.63, 3.8) is 0 Å². The number of hydroxylamine groups is 2. The Balaban J connectivity index is 1.48. The first kappa shape index (κ1) is 20.8. The number of hydrogen-bond donors (Lipinski definition) is 1. The average molecular weight is 429 g/mol. The third-order valence-corrected chi connectivity index (χ3v) is 5.95. The molecule has 5 atom stereocenters. The predicted molar refractivity (Wildman–Crippen MR) is 109 cm³/mol. The summed E-state index contributed by atoms with van der Waals surface area (Å²) in [5.41, 5.74) is 2.06. The Kier molecular flexibility index (Phi) is 4.85. The van der Waals surface area contributed by atoms with Gasteiger partial charge in [-0.15, -0.1) is 0 Å². The van der Waals surface area contributed by atoms with Gasteiger partial charge in [-0.2, -0.15) is 0 Å². The Morgan fingerprint density at radius 3 is 2.55 bits per heavy atom. The highest BCUT2D eigenvalue weighted by atomic mass is 16.8. The molecule has 0 amide bonds. The standard InChI is InChI=1S/C23H27NO7/c1-22(2)27-12-17(29-22)19-18(20-21(28-19)31-23(3,4)30-20)24(26)11-15-14-8-6-5-7-13(14)9-10-16(15)25/h5-11,17-21,26H,12H2,1-4H3/b15-11-/t17-,18-,19-,20-,21-/m1/s1. The van der Waals surface area contributed by atoms with E-state index in [0.717, 1.165) is 16.2 Å². The minimum absolute atomic E-state index is 0.185. The zero-order chi connectivity index (χ0) is 22.0. The van der Waals surface area contributed by atoms with Crippen LogP contribution in [0.15, 0.2) is 36.5 Å². The summed E-state index contributed by atoms with van der Waals surface area (Å²) in [4.78, 5) is 12.6. The van der Waals surface area contributed by atoms with Crippen LogP contribution in [0.1, 0.15) is 38.8 Å². The molecule has 1 aliphatic carbocycles. The second-order valence-electron chi connectivity index (χ2n) is 9.13. The average Bonchev–Trinajstić information content (AvgIpc) is 3.32. The topological polar surface area (TPSA) is 86.7 Å². The lowest BCUT2D eigenvalue weighted by atomic mass is 9.92. The van der Waals surface area contributed by atoms with Crippen molar-refractivity contribution >= 4 is 17.4 Å². The van der Waals surface area contributed by atoms with Gasteiger partial charge in [0.25, 0.3) is 0 Å². The Labute approximate surface area is 180 Å². The van der Waals surface area contributed by atoms with Crippen LogP contribution >= 0.6 is 0 Å². The number of ether oxygens (including phenoxy) is 5. The molecule has 166 valence electrons. The largest absolute Gasteiger partial charge is 0.348 e. The number of carbonyl (C=O) groups is 1. The lowest BCUT2D eigenvalue weighted by Gasteiger charge is -2.33. The normalized spacial score (nSPS) is 36.6. The summed E-state index contributed by atoms with van der Waals surface area (Å²) in [5.74, 6) is -1.79. The number of allylic oxidation sites excluding steroid dienone is 2. The molecular formula is C23H27NO7.